The maximum atomic E-state index is 9.62. The van der Waals surface area contributed by atoms with E-state index in [1.54, 1.807) is 6.07 Å². The van der Waals surface area contributed by atoms with Gasteiger partial charge < -0.3 is 10.4 Å². The summed E-state index contributed by atoms with van der Waals surface area (Å²) in [7, 11) is 0. The van der Waals surface area contributed by atoms with E-state index >= 15 is 0 Å². The Hall–Kier alpha value is -1.02. The van der Waals surface area contributed by atoms with Crippen molar-refractivity contribution in [2.45, 2.75) is 45.6 Å². The lowest BCUT2D eigenvalue weighted by Gasteiger charge is -2.29. The van der Waals surface area contributed by atoms with Crippen LogP contribution >= 0.6 is 0 Å². The minimum atomic E-state index is 0.389. The van der Waals surface area contributed by atoms with E-state index in [4.69, 9.17) is 0 Å². The van der Waals surface area contributed by atoms with Crippen LogP contribution < -0.4 is 5.32 Å². The summed E-state index contributed by atoms with van der Waals surface area (Å²) in [6.45, 7) is 5.62. The number of hydrogen-bond donors (Lipinski definition) is 2. The Morgan fingerprint density at radius 1 is 1.47 bits per heavy atom. The summed E-state index contributed by atoms with van der Waals surface area (Å²) < 4.78 is 0. The summed E-state index contributed by atoms with van der Waals surface area (Å²) in [4.78, 5) is 0. The van der Waals surface area contributed by atoms with Crippen molar-refractivity contribution in [3.05, 3.63) is 29.3 Å². The number of phenolic OH excluding ortho intramolecular Hbond substituents is 1. The molecular weight excluding hydrogens is 210 g/mol. The molecule has 0 amide bonds. The molecule has 0 aromatic heterocycles. The van der Waals surface area contributed by atoms with Crippen LogP contribution in [0.15, 0.2) is 18.2 Å². The summed E-state index contributed by atoms with van der Waals surface area (Å²) in [5.41, 5.74) is 2.70. The van der Waals surface area contributed by atoms with Crippen LogP contribution in [0.25, 0.3) is 0 Å². The zero-order valence-corrected chi connectivity index (χ0v) is 10.9. The Balaban J connectivity index is 2.13. The first-order chi connectivity index (χ1) is 8.20. The van der Waals surface area contributed by atoms with E-state index in [1.165, 1.54) is 30.4 Å². The van der Waals surface area contributed by atoms with Gasteiger partial charge in [0.2, 0.25) is 0 Å². The Kier molecular flexibility index (Phi) is 4.06. The highest BCUT2D eigenvalue weighted by Crippen LogP contribution is 2.31. The second-order valence-electron chi connectivity index (χ2n) is 5.27. The normalized spacial score (nSPS) is 20.9. The van der Waals surface area contributed by atoms with E-state index in [0.717, 1.165) is 18.9 Å². The summed E-state index contributed by atoms with van der Waals surface area (Å²) in [6.07, 6.45) is 4.78. The minimum absolute atomic E-state index is 0.389. The molecule has 1 aliphatic rings. The van der Waals surface area contributed by atoms with Gasteiger partial charge in [-0.1, -0.05) is 32.8 Å². The van der Waals surface area contributed by atoms with Crippen LogP contribution in [0.4, 0.5) is 0 Å². The molecule has 2 heteroatoms. The predicted molar refractivity (Wildman–Crippen MR) is 71.2 cm³/mol. The first-order valence-electron chi connectivity index (χ1n) is 6.76. The molecule has 2 nitrogen and oxygen atoms in total. The molecule has 0 aliphatic carbocycles. The number of nitrogens with one attached hydrogen (secondary N) is 1. The fourth-order valence-corrected chi connectivity index (χ4v) is 2.85. The van der Waals surface area contributed by atoms with E-state index in [0.29, 0.717) is 11.8 Å². The SMILES string of the molecule is CCCC(C)CC1NCCc2ccc(O)cc21. The van der Waals surface area contributed by atoms with Crippen LogP contribution in [0, 0.1) is 5.92 Å². The molecule has 0 fully saturated rings. The van der Waals surface area contributed by atoms with E-state index in [-0.39, 0.29) is 0 Å². The lowest BCUT2D eigenvalue weighted by atomic mass is 9.87. The van der Waals surface area contributed by atoms with Crippen molar-refractivity contribution in [1.82, 2.24) is 5.32 Å². The van der Waals surface area contributed by atoms with Crippen molar-refractivity contribution in [3.8, 4) is 5.75 Å². The van der Waals surface area contributed by atoms with E-state index in [2.05, 4.69) is 25.2 Å². The van der Waals surface area contributed by atoms with Crippen LogP contribution in [0.3, 0.4) is 0 Å². The van der Waals surface area contributed by atoms with Crippen molar-refractivity contribution in [3.63, 3.8) is 0 Å². The Labute approximate surface area is 104 Å². The molecule has 0 bridgehead atoms. The van der Waals surface area contributed by atoms with Gasteiger partial charge in [0.1, 0.15) is 5.75 Å². The van der Waals surface area contributed by atoms with Crippen LogP contribution in [-0.2, 0) is 6.42 Å². The maximum Gasteiger partial charge on any atom is 0.115 e. The molecule has 1 aromatic carbocycles. The monoisotopic (exact) mass is 233 g/mol. The lowest BCUT2D eigenvalue weighted by Crippen LogP contribution is -2.30. The van der Waals surface area contributed by atoms with Crippen LogP contribution in [0.2, 0.25) is 0 Å². The van der Waals surface area contributed by atoms with Gasteiger partial charge in [-0.2, -0.15) is 0 Å². The van der Waals surface area contributed by atoms with Crippen LogP contribution in [0.5, 0.6) is 5.75 Å². The molecule has 2 atom stereocenters. The van der Waals surface area contributed by atoms with E-state index < -0.39 is 0 Å². The summed E-state index contributed by atoms with van der Waals surface area (Å²) >= 11 is 0. The molecule has 2 unspecified atom stereocenters. The molecule has 2 N–H and O–H groups in total. The van der Waals surface area contributed by atoms with Gasteiger partial charge in [0.05, 0.1) is 0 Å². The zero-order chi connectivity index (χ0) is 12.3. The van der Waals surface area contributed by atoms with Gasteiger partial charge >= 0.3 is 0 Å². The highest BCUT2D eigenvalue weighted by atomic mass is 16.3. The zero-order valence-electron chi connectivity index (χ0n) is 10.9. The summed E-state index contributed by atoms with van der Waals surface area (Å²) in [6, 6.07) is 6.23. The van der Waals surface area contributed by atoms with Gasteiger partial charge in [-0.15, -0.1) is 0 Å². The first kappa shape index (κ1) is 12.4. The fraction of sp³-hybridized carbons (Fsp3) is 0.600. The van der Waals surface area contributed by atoms with Crippen molar-refractivity contribution >= 4 is 0 Å². The quantitative estimate of drug-likeness (QED) is 0.835. The number of hydrogen-bond acceptors (Lipinski definition) is 2. The van der Waals surface area contributed by atoms with Gasteiger partial charge in [0.25, 0.3) is 0 Å². The molecule has 2 rings (SSSR count). The number of benzene rings is 1. The Morgan fingerprint density at radius 2 is 2.29 bits per heavy atom. The molecular formula is C15H23NO. The van der Waals surface area contributed by atoms with Crippen molar-refractivity contribution in [2.75, 3.05) is 6.54 Å². The number of rotatable bonds is 4. The van der Waals surface area contributed by atoms with Gasteiger partial charge in [-0.25, -0.2) is 0 Å². The molecule has 94 valence electrons. The van der Waals surface area contributed by atoms with E-state index in [1.807, 2.05) is 6.07 Å². The molecule has 0 saturated heterocycles. The molecule has 1 aliphatic heterocycles. The molecule has 0 saturated carbocycles. The van der Waals surface area contributed by atoms with Gasteiger partial charge in [-0.05, 0) is 48.6 Å². The van der Waals surface area contributed by atoms with Gasteiger partial charge in [-0.3, -0.25) is 0 Å². The second kappa shape index (κ2) is 5.54. The van der Waals surface area contributed by atoms with Gasteiger partial charge in [0, 0.05) is 6.04 Å². The topological polar surface area (TPSA) is 32.3 Å². The Morgan fingerprint density at radius 3 is 3.06 bits per heavy atom. The number of aromatic hydroxyl groups is 1. The summed E-state index contributed by atoms with van der Waals surface area (Å²) in [5, 5.41) is 13.2. The second-order valence-corrected chi connectivity index (χ2v) is 5.27. The molecule has 0 radical (unpaired) electrons. The molecule has 1 aromatic rings. The molecule has 0 spiro atoms. The average molecular weight is 233 g/mol. The number of fused-ring (bicyclic) bond motifs is 1. The van der Waals surface area contributed by atoms with E-state index in [9.17, 15) is 5.11 Å². The van der Waals surface area contributed by atoms with Gasteiger partial charge in [0.15, 0.2) is 0 Å². The van der Waals surface area contributed by atoms with Crippen LogP contribution in [0.1, 0.15) is 50.3 Å². The molecule has 17 heavy (non-hydrogen) atoms. The number of phenols is 1. The minimum Gasteiger partial charge on any atom is -0.508 e. The predicted octanol–water partition coefficient (Wildman–Crippen LogP) is 3.41. The van der Waals surface area contributed by atoms with Crippen molar-refractivity contribution in [1.29, 1.82) is 0 Å². The van der Waals surface area contributed by atoms with Crippen molar-refractivity contribution in [2.24, 2.45) is 5.92 Å². The molecule has 1 heterocycles. The fourth-order valence-electron chi connectivity index (χ4n) is 2.85. The Bertz CT molecular complexity index is 375. The van der Waals surface area contributed by atoms with Crippen LogP contribution in [-0.4, -0.2) is 11.7 Å². The van der Waals surface area contributed by atoms with Crippen molar-refractivity contribution < 1.29 is 5.11 Å². The third kappa shape index (κ3) is 3.01. The first-order valence-corrected chi connectivity index (χ1v) is 6.76. The average Bonchev–Trinajstić information content (AvgIpc) is 2.30. The summed E-state index contributed by atoms with van der Waals surface area (Å²) in [5.74, 6) is 1.13. The smallest absolute Gasteiger partial charge is 0.115 e. The largest absolute Gasteiger partial charge is 0.508 e. The maximum absolute atomic E-state index is 9.62. The third-order valence-corrected chi connectivity index (χ3v) is 3.71. The highest BCUT2D eigenvalue weighted by molar-refractivity contribution is 5.38. The standard InChI is InChI=1S/C15H23NO/c1-3-4-11(2)9-15-14-10-13(17)6-5-12(14)7-8-16-15/h5-6,10-11,15-17H,3-4,7-9H2,1-2H3. The third-order valence-electron chi connectivity index (χ3n) is 3.71. The highest BCUT2D eigenvalue weighted by Gasteiger charge is 2.21. The lowest BCUT2D eigenvalue weighted by molar-refractivity contribution is 0.377.